The number of rotatable bonds is 7. The van der Waals surface area contributed by atoms with Crippen molar-refractivity contribution in [2.24, 2.45) is 5.73 Å². The van der Waals surface area contributed by atoms with Crippen LogP contribution in [0.3, 0.4) is 0 Å². The monoisotopic (exact) mass is 288 g/mol. The van der Waals surface area contributed by atoms with Crippen molar-refractivity contribution in [3.8, 4) is 0 Å². The molecule has 0 saturated heterocycles. The summed E-state index contributed by atoms with van der Waals surface area (Å²) in [7, 11) is -3.12. The van der Waals surface area contributed by atoms with E-state index < -0.39 is 10.0 Å². The van der Waals surface area contributed by atoms with Crippen LogP contribution in [0.2, 0.25) is 0 Å². The normalized spacial score (nSPS) is 11.2. The molecule has 1 aromatic rings. The van der Waals surface area contributed by atoms with E-state index in [1.807, 2.05) is 6.07 Å². The third-order valence-corrected chi connectivity index (χ3v) is 3.00. The van der Waals surface area contributed by atoms with E-state index in [2.05, 4.69) is 15.0 Å². The van der Waals surface area contributed by atoms with Gasteiger partial charge < -0.3 is 11.1 Å². The molecule has 1 rings (SSSR count). The van der Waals surface area contributed by atoms with Gasteiger partial charge in [-0.05, 0) is 18.6 Å². The second-order valence-corrected chi connectivity index (χ2v) is 5.98. The zero-order chi connectivity index (χ0) is 13.6. The molecule has 0 aliphatic carbocycles. The highest BCUT2D eigenvalue weighted by Crippen LogP contribution is 2.11. The number of nitrogens with two attached hydrogens (primary N) is 1. The number of anilines is 1. The van der Waals surface area contributed by atoms with Crippen LogP contribution in [0.15, 0.2) is 18.3 Å². The molecule has 6 nitrogen and oxygen atoms in total. The van der Waals surface area contributed by atoms with Crippen molar-refractivity contribution in [3.63, 3.8) is 0 Å². The second kappa shape index (κ2) is 6.62. The number of nitrogens with zero attached hydrogens (tertiary/aromatic N) is 1. The molecule has 18 heavy (non-hydrogen) atoms. The summed E-state index contributed by atoms with van der Waals surface area (Å²) in [5.74, 6) is 0. The Bertz CT molecular complexity index is 516. The van der Waals surface area contributed by atoms with E-state index in [-0.39, 0.29) is 4.99 Å². The lowest BCUT2D eigenvalue weighted by Gasteiger charge is -2.09. The summed E-state index contributed by atoms with van der Waals surface area (Å²) in [5, 5.41) is 3.12. The molecule has 0 aliphatic rings. The van der Waals surface area contributed by atoms with Crippen LogP contribution in [0.1, 0.15) is 12.1 Å². The van der Waals surface area contributed by atoms with Gasteiger partial charge in [0, 0.05) is 19.3 Å². The maximum absolute atomic E-state index is 10.8. The SMILES string of the molecule is CS(=O)(=O)NCCCNc1cccnc1C(N)=S. The van der Waals surface area contributed by atoms with Gasteiger partial charge >= 0.3 is 0 Å². The van der Waals surface area contributed by atoms with Gasteiger partial charge in [-0.1, -0.05) is 12.2 Å². The molecule has 0 atom stereocenters. The highest BCUT2D eigenvalue weighted by atomic mass is 32.2. The summed E-state index contributed by atoms with van der Waals surface area (Å²) in [6, 6.07) is 3.60. The number of sulfonamides is 1. The smallest absolute Gasteiger partial charge is 0.208 e. The molecular weight excluding hydrogens is 272 g/mol. The number of nitrogens with one attached hydrogen (secondary N) is 2. The van der Waals surface area contributed by atoms with Crippen molar-refractivity contribution in [2.45, 2.75) is 6.42 Å². The highest BCUT2D eigenvalue weighted by Gasteiger charge is 2.05. The lowest BCUT2D eigenvalue weighted by molar-refractivity contribution is 0.586. The highest BCUT2D eigenvalue weighted by molar-refractivity contribution is 7.88. The van der Waals surface area contributed by atoms with E-state index in [0.717, 1.165) is 11.9 Å². The summed E-state index contributed by atoms with van der Waals surface area (Å²) >= 11 is 4.88. The molecule has 8 heteroatoms. The average molecular weight is 288 g/mol. The molecule has 0 bridgehead atoms. The van der Waals surface area contributed by atoms with Crippen LogP contribution >= 0.6 is 12.2 Å². The molecule has 0 aromatic carbocycles. The molecule has 1 aromatic heterocycles. The molecule has 0 radical (unpaired) electrons. The minimum atomic E-state index is -3.12. The van der Waals surface area contributed by atoms with Crippen LogP contribution < -0.4 is 15.8 Å². The Hall–Kier alpha value is -1.25. The molecule has 0 amide bonds. The standard InChI is InChI=1S/C10H16N4O2S2/c1-18(15,16)14-7-3-6-12-8-4-2-5-13-9(8)10(11)17/h2,4-5,12,14H,3,6-7H2,1H3,(H2,11,17). The fourth-order valence-corrected chi connectivity index (χ4v) is 1.99. The maximum atomic E-state index is 10.8. The molecule has 0 spiro atoms. The molecular formula is C10H16N4O2S2. The van der Waals surface area contributed by atoms with Gasteiger partial charge in [0.15, 0.2) is 0 Å². The summed E-state index contributed by atoms with van der Waals surface area (Å²) in [6.07, 6.45) is 3.40. The van der Waals surface area contributed by atoms with Gasteiger partial charge in [0.05, 0.1) is 11.9 Å². The first-order valence-corrected chi connectivity index (χ1v) is 7.63. The zero-order valence-electron chi connectivity index (χ0n) is 10.0. The summed E-state index contributed by atoms with van der Waals surface area (Å²) < 4.78 is 24.1. The van der Waals surface area contributed by atoms with E-state index in [1.54, 1.807) is 12.3 Å². The number of hydrogen-bond donors (Lipinski definition) is 3. The van der Waals surface area contributed by atoms with Gasteiger partial charge in [0.1, 0.15) is 10.7 Å². The number of thiocarbonyl (C=S) groups is 1. The van der Waals surface area contributed by atoms with Crippen LogP contribution in [0.5, 0.6) is 0 Å². The van der Waals surface area contributed by atoms with Crippen molar-refractivity contribution < 1.29 is 8.42 Å². The third kappa shape index (κ3) is 5.39. The van der Waals surface area contributed by atoms with Crippen molar-refractivity contribution in [1.29, 1.82) is 0 Å². The molecule has 4 N–H and O–H groups in total. The van der Waals surface area contributed by atoms with Gasteiger partial charge in [0.2, 0.25) is 10.0 Å². The Morgan fingerprint density at radius 2 is 2.22 bits per heavy atom. The number of pyridine rings is 1. The molecule has 0 fully saturated rings. The van der Waals surface area contributed by atoms with Gasteiger partial charge in [-0.25, -0.2) is 13.1 Å². The summed E-state index contributed by atoms with van der Waals surface area (Å²) in [5.41, 5.74) is 6.84. The molecule has 0 aliphatic heterocycles. The minimum absolute atomic E-state index is 0.229. The van der Waals surface area contributed by atoms with Crippen LogP contribution in [-0.2, 0) is 10.0 Å². The van der Waals surface area contributed by atoms with Gasteiger partial charge in [-0.3, -0.25) is 4.98 Å². The van der Waals surface area contributed by atoms with Crippen molar-refractivity contribution in [3.05, 3.63) is 24.0 Å². The van der Waals surface area contributed by atoms with E-state index in [4.69, 9.17) is 18.0 Å². The van der Waals surface area contributed by atoms with Crippen molar-refractivity contribution in [1.82, 2.24) is 9.71 Å². The largest absolute Gasteiger partial charge is 0.388 e. The first-order valence-electron chi connectivity index (χ1n) is 5.33. The number of hydrogen-bond acceptors (Lipinski definition) is 5. The van der Waals surface area contributed by atoms with Crippen LogP contribution in [0, 0.1) is 0 Å². The Morgan fingerprint density at radius 1 is 1.50 bits per heavy atom. The van der Waals surface area contributed by atoms with Gasteiger partial charge in [-0.2, -0.15) is 0 Å². The third-order valence-electron chi connectivity index (χ3n) is 2.07. The predicted molar refractivity (Wildman–Crippen MR) is 76.1 cm³/mol. The number of aromatic nitrogens is 1. The Kier molecular flexibility index (Phi) is 5.45. The average Bonchev–Trinajstić information content (AvgIpc) is 2.27. The lowest BCUT2D eigenvalue weighted by atomic mass is 10.3. The Balaban J connectivity index is 2.42. The summed E-state index contributed by atoms with van der Waals surface area (Å²) in [4.78, 5) is 4.31. The Labute approximate surface area is 112 Å². The predicted octanol–water partition coefficient (Wildman–Crippen LogP) is 0.0670. The fraction of sp³-hybridized carbons (Fsp3) is 0.400. The topological polar surface area (TPSA) is 97.1 Å². The van der Waals surface area contributed by atoms with Crippen LogP contribution in [-0.4, -0.2) is 37.7 Å². The van der Waals surface area contributed by atoms with Crippen molar-refractivity contribution in [2.75, 3.05) is 24.7 Å². The van der Waals surface area contributed by atoms with Gasteiger partial charge in [0.25, 0.3) is 0 Å². The maximum Gasteiger partial charge on any atom is 0.208 e. The van der Waals surface area contributed by atoms with E-state index in [0.29, 0.717) is 25.2 Å². The van der Waals surface area contributed by atoms with Crippen LogP contribution in [0.25, 0.3) is 0 Å². The fourth-order valence-electron chi connectivity index (χ4n) is 1.31. The second-order valence-electron chi connectivity index (χ2n) is 3.71. The lowest BCUT2D eigenvalue weighted by Crippen LogP contribution is -2.24. The van der Waals surface area contributed by atoms with E-state index in [1.165, 1.54) is 0 Å². The molecule has 1 heterocycles. The Morgan fingerprint density at radius 3 is 2.83 bits per heavy atom. The van der Waals surface area contributed by atoms with Crippen molar-refractivity contribution >= 4 is 32.9 Å². The minimum Gasteiger partial charge on any atom is -0.388 e. The van der Waals surface area contributed by atoms with E-state index in [9.17, 15) is 8.42 Å². The molecule has 0 unspecified atom stereocenters. The first kappa shape index (κ1) is 14.8. The quantitative estimate of drug-likeness (QED) is 0.485. The first-order chi connectivity index (χ1) is 8.40. The zero-order valence-corrected chi connectivity index (χ0v) is 11.6. The summed E-state index contributed by atoms with van der Waals surface area (Å²) in [6.45, 7) is 0.984. The van der Waals surface area contributed by atoms with E-state index >= 15 is 0 Å². The molecule has 0 saturated carbocycles. The van der Waals surface area contributed by atoms with Crippen LogP contribution in [0.4, 0.5) is 5.69 Å². The van der Waals surface area contributed by atoms with Gasteiger partial charge in [-0.15, -0.1) is 0 Å². The molecule has 100 valence electrons.